The first-order chi connectivity index (χ1) is 7.49. The van der Waals surface area contributed by atoms with Crippen molar-refractivity contribution in [2.75, 3.05) is 6.61 Å². The molecule has 1 atom stereocenters. The van der Waals surface area contributed by atoms with Crippen molar-refractivity contribution in [3.05, 3.63) is 34.9 Å². The van der Waals surface area contributed by atoms with Crippen LogP contribution >= 0.6 is 0 Å². The Morgan fingerprint density at radius 1 is 1.19 bits per heavy atom. The smallest absolute Gasteiger partial charge is 0.0814 e. The van der Waals surface area contributed by atoms with E-state index >= 15 is 0 Å². The number of benzene rings is 1. The lowest BCUT2D eigenvalue weighted by molar-refractivity contribution is 0.00621. The van der Waals surface area contributed by atoms with E-state index in [4.69, 9.17) is 4.74 Å². The average molecular weight is 222 g/mol. The Morgan fingerprint density at radius 2 is 1.88 bits per heavy atom. The second-order valence-corrected chi connectivity index (χ2v) is 4.66. The third-order valence-electron chi connectivity index (χ3n) is 2.66. The van der Waals surface area contributed by atoms with Crippen molar-refractivity contribution in [1.29, 1.82) is 0 Å². The van der Waals surface area contributed by atoms with Gasteiger partial charge >= 0.3 is 0 Å². The van der Waals surface area contributed by atoms with Gasteiger partial charge in [0, 0.05) is 6.42 Å². The fraction of sp³-hybridized carbons (Fsp3) is 0.571. The van der Waals surface area contributed by atoms with Gasteiger partial charge in [0.1, 0.15) is 0 Å². The summed E-state index contributed by atoms with van der Waals surface area (Å²) in [6, 6.07) is 6.30. The zero-order valence-electron chi connectivity index (χ0n) is 10.7. The molecule has 0 aliphatic rings. The predicted molar refractivity (Wildman–Crippen MR) is 66.7 cm³/mol. The van der Waals surface area contributed by atoms with E-state index in [1.54, 1.807) is 0 Å². The zero-order valence-corrected chi connectivity index (χ0v) is 10.7. The molecule has 0 aromatic heterocycles. The quantitative estimate of drug-likeness (QED) is 0.830. The first-order valence-corrected chi connectivity index (χ1v) is 5.85. The molecule has 0 spiro atoms. The van der Waals surface area contributed by atoms with Gasteiger partial charge in [-0.15, -0.1) is 0 Å². The number of aliphatic hydroxyl groups is 1. The maximum Gasteiger partial charge on any atom is 0.0814 e. The van der Waals surface area contributed by atoms with E-state index in [9.17, 15) is 5.11 Å². The number of rotatable bonds is 5. The van der Waals surface area contributed by atoms with E-state index < -0.39 is 6.10 Å². The molecule has 16 heavy (non-hydrogen) atoms. The van der Waals surface area contributed by atoms with Crippen LogP contribution in [0, 0.1) is 13.8 Å². The summed E-state index contributed by atoms with van der Waals surface area (Å²) in [4.78, 5) is 0. The van der Waals surface area contributed by atoms with Crippen LogP contribution < -0.4 is 0 Å². The Kier molecular flexibility index (Phi) is 4.97. The van der Waals surface area contributed by atoms with Crippen molar-refractivity contribution in [2.24, 2.45) is 0 Å². The van der Waals surface area contributed by atoms with E-state index in [0.29, 0.717) is 13.0 Å². The van der Waals surface area contributed by atoms with Crippen molar-refractivity contribution in [2.45, 2.75) is 46.3 Å². The Labute approximate surface area is 98.3 Å². The Balaban J connectivity index is 2.49. The van der Waals surface area contributed by atoms with E-state index in [2.05, 4.69) is 32.0 Å². The van der Waals surface area contributed by atoms with Crippen LogP contribution in [-0.2, 0) is 11.2 Å². The molecule has 0 radical (unpaired) electrons. The van der Waals surface area contributed by atoms with Crippen molar-refractivity contribution in [3.63, 3.8) is 0 Å². The highest BCUT2D eigenvalue weighted by Gasteiger charge is 2.07. The summed E-state index contributed by atoms with van der Waals surface area (Å²) in [5.74, 6) is 0. The monoisotopic (exact) mass is 222 g/mol. The molecule has 2 nitrogen and oxygen atoms in total. The fourth-order valence-corrected chi connectivity index (χ4v) is 1.57. The van der Waals surface area contributed by atoms with Gasteiger partial charge in [-0.05, 0) is 44.4 Å². The van der Waals surface area contributed by atoms with Crippen molar-refractivity contribution >= 4 is 0 Å². The summed E-state index contributed by atoms with van der Waals surface area (Å²) >= 11 is 0. The molecule has 0 aliphatic carbocycles. The Hall–Kier alpha value is -0.860. The molecule has 0 aliphatic heterocycles. The first kappa shape index (κ1) is 13.2. The number of aryl methyl sites for hydroxylation is 2. The summed E-state index contributed by atoms with van der Waals surface area (Å²) < 4.78 is 5.38. The number of hydrogen-bond donors (Lipinski definition) is 1. The van der Waals surface area contributed by atoms with Crippen LogP contribution in [0.4, 0.5) is 0 Å². The average Bonchev–Trinajstić information content (AvgIpc) is 2.21. The van der Waals surface area contributed by atoms with Crippen LogP contribution in [0.25, 0.3) is 0 Å². The minimum Gasteiger partial charge on any atom is -0.390 e. The Morgan fingerprint density at radius 3 is 2.44 bits per heavy atom. The second kappa shape index (κ2) is 6.02. The van der Waals surface area contributed by atoms with Crippen LogP contribution in [-0.4, -0.2) is 23.9 Å². The van der Waals surface area contributed by atoms with Gasteiger partial charge in [-0.25, -0.2) is 0 Å². The van der Waals surface area contributed by atoms with E-state index in [0.717, 1.165) is 0 Å². The molecular formula is C14H22O2. The SMILES string of the molecule is Cc1ccc(CC(O)COC(C)C)cc1C. The predicted octanol–water partition coefficient (Wildman–Crippen LogP) is 2.63. The van der Waals surface area contributed by atoms with E-state index in [1.807, 2.05) is 13.8 Å². The maximum atomic E-state index is 9.79. The van der Waals surface area contributed by atoms with Crippen LogP contribution in [0.2, 0.25) is 0 Å². The highest BCUT2D eigenvalue weighted by atomic mass is 16.5. The van der Waals surface area contributed by atoms with E-state index in [1.165, 1.54) is 16.7 Å². The molecule has 90 valence electrons. The largest absolute Gasteiger partial charge is 0.390 e. The van der Waals surface area contributed by atoms with Gasteiger partial charge in [0.15, 0.2) is 0 Å². The molecule has 1 rings (SSSR count). The molecule has 2 heteroatoms. The van der Waals surface area contributed by atoms with Crippen molar-refractivity contribution in [3.8, 4) is 0 Å². The topological polar surface area (TPSA) is 29.5 Å². The second-order valence-electron chi connectivity index (χ2n) is 4.66. The standard InChI is InChI=1S/C14H22O2/c1-10(2)16-9-14(15)8-13-6-5-11(3)12(4)7-13/h5-7,10,14-15H,8-9H2,1-4H3. The highest BCUT2D eigenvalue weighted by Crippen LogP contribution is 2.11. The molecule has 0 amide bonds. The number of aliphatic hydroxyl groups excluding tert-OH is 1. The summed E-state index contributed by atoms with van der Waals surface area (Å²) in [5.41, 5.74) is 3.73. The molecule has 0 saturated heterocycles. The Bertz CT molecular complexity index is 332. The molecule has 0 bridgehead atoms. The van der Waals surface area contributed by atoms with Gasteiger partial charge in [0.25, 0.3) is 0 Å². The molecule has 0 heterocycles. The lowest BCUT2D eigenvalue weighted by Gasteiger charge is -2.14. The van der Waals surface area contributed by atoms with Crippen molar-refractivity contribution < 1.29 is 9.84 Å². The molecule has 1 aromatic carbocycles. The molecule has 1 N–H and O–H groups in total. The van der Waals surface area contributed by atoms with Crippen molar-refractivity contribution in [1.82, 2.24) is 0 Å². The van der Waals surface area contributed by atoms with Gasteiger partial charge in [-0.1, -0.05) is 18.2 Å². The summed E-state index contributed by atoms with van der Waals surface area (Å²) in [6.45, 7) is 8.54. The van der Waals surface area contributed by atoms with Gasteiger partial charge in [0.05, 0.1) is 18.8 Å². The highest BCUT2D eigenvalue weighted by molar-refractivity contribution is 5.30. The third kappa shape index (κ3) is 4.33. The van der Waals surface area contributed by atoms with Crippen LogP contribution in [0.5, 0.6) is 0 Å². The van der Waals surface area contributed by atoms with Gasteiger partial charge in [-0.2, -0.15) is 0 Å². The van der Waals surface area contributed by atoms with Gasteiger partial charge in [0.2, 0.25) is 0 Å². The summed E-state index contributed by atoms with van der Waals surface area (Å²) in [5, 5.41) is 9.79. The number of ether oxygens (including phenoxy) is 1. The third-order valence-corrected chi connectivity index (χ3v) is 2.66. The number of hydrogen-bond acceptors (Lipinski definition) is 2. The first-order valence-electron chi connectivity index (χ1n) is 5.85. The van der Waals surface area contributed by atoms with Crippen LogP contribution in [0.3, 0.4) is 0 Å². The molecular weight excluding hydrogens is 200 g/mol. The maximum absolute atomic E-state index is 9.79. The fourth-order valence-electron chi connectivity index (χ4n) is 1.57. The van der Waals surface area contributed by atoms with Gasteiger partial charge < -0.3 is 9.84 Å². The van der Waals surface area contributed by atoms with Gasteiger partial charge in [-0.3, -0.25) is 0 Å². The lowest BCUT2D eigenvalue weighted by atomic mass is 10.0. The molecule has 0 fully saturated rings. The van der Waals surface area contributed by atoms with E-state index in [-0.39, 0.29) is 6.10 Å². The molecule has 1 unspecified atom stereocenters. The molecule has 1 aromatic rings. The van der Waals surface area contributed by atoms with Crippen LogP contribution in [0.15, 0.2) is 18.2 Å². The summed E-state index contributed by atoms with van der Waals surface area (Å²) in [7, 11) is 0. The normalized spacial score (nSPS) is 13.1. The minimum absolute atomic E-state index is 0.175. The minimum atomic E-state index is -0.412. The zero-order chi connectivity index (χ0) is 12.1. The molecule has 0 saturated carbocycles. The lowest BCUT2D eigenvalue weighted by Crippen LogP contribution is -2.20. The van der Waals surface area contributed by atoms with Crippen LogP contribution in [0.1, 0.15) is 30.5 Å². The summed E-state index contributed by atoms with van der Waals surface area (Å²) in [6.07, 6.45) is 0.423.